The average Bonchev–Trinajstić information content (AvgIpc) is 3.13. The molecule has 0 bridgehead atoms. The van der Waals surface area contributed by atoms with E-state index in [1.54, 1.807) is 0 Å². The van der Waals surface area contributed by atoms with Gasteiger partial charge >= 0.3 is 11.9 Å². The Balaban J connectivity index is 2.49. The Morgan fingerprint density at radius 1 is 0.786 bits per heavy atom. The van der Waals surface area contributed by atoms with E-state index in [1.807, 2.05) is 0 Å². The molecule has 1 fully saturated rings. The van der Waals surface area contributed by atoms with Crippen molar-refractivity contribution in [3.8, 4) is 0 Å². The molecule has 0 aromatic heterocycles. The number of aliphatic hydroxyl groups excluding tert-OH is 2. The number of hydrogen-bond acceptors (Lipinski definition) is 11. The summed E-state index contributed by atoms with van der Waals surface area (Å²) >= 11 is 0. The number of carbonyl (C=O) groups is 5. The molecule has 1 aliphatic heterocycles. The Morgan fingerprint density at radius 3 is 1.70 bits per heavy atom. The second-order valence-corrected chi connectivity index (χ2v) is 15.6. The second-order valence-electron chi connectivity index (χ2n) is 15.6. The minimum atomic E-state index is -1.65. The van der Waals surface area contributed by atoms with E-state index in [0.29, 0.717) is 6.42 Å². The number of carboxylic acid groups (broad SMARTS) is 1. The Kier molecular flexibility index (Phi) is 27.6. The van der Waals surface area contributed by atoms with Gasteiger partial charge in [0.1, 0.15) is 37.0 Å². The molecule has 8 N–H and O–H groups in total. The largest absolute Gasteiger partial charge is 0.481 e. The number of nitrogens with two attached hydrogens (primary N) is 2. The van der Waals surface area contributed by atoms with E-state index < -0.39 is 84.9 Å². The fraction of sp³-hybridized carbons (Fsp3) is 0.878. The Morgan fingerprint density at radius 2 is 1.27 bits per heavy atom. The van der Waals surface area contributed by atoms with Crippen molar-refractivity contribution in [2.24, 2.45) is 11.5 Å². The van der Waals surface area contributed by atoms with Gasteiger partial charge < -0.3 is 51.2 Å². The third kappa shape index (κ3) is 22.2. The molecule has 56 heavy (non-hydrogen) atoms. The fourth-order valence-corrected chi connectivity index (χ4v) is 7.15. The van der Waals surface area contributed by atoms with Gasteiger partial charge in [-0.3, -0.25) is 24.0 Å². The Bertz CT molecular complexity index is 1130. The van der Waals surface area contributed by atoms with Crippen LogP contribution in [0.2, 0.25) is 0 Å². The van der Waals surface area contributed by atoms with Gasteiger partial charge in [-0.05, 0) is 26.7 Å². The van der Waals surface area contributed by atoms with Crippen LogP contribution in [0, 0.1) is 0 Å². The number of ether oxygens (including phenoxy) is 3. The van der Waals surface area contributed by atoms with Gasteiger partial charge in [-0.1, -0.05) is 122 Å². The van der Waals surface area contributed by atoms with E-state index in [9.17, 15) is 34.2 Å². The van der Waals surface area contributed by atoms with Crippen LogP contribution in [0.3, 0.4) is 0 Å². The molecular weight excluding hydrogens is 724 g/mol. The van der Waals surface area contributed by atoms with Crippen molar-refractivity contribution in [1.82, 2.24) is 10.2 Å². The van der Waals surface area contributed by atoms with Gasteiger partial charge in [0.15, 0.2) is 6.29 Å². The summed E-state index contributed by atoms with van der Waals surface area (Å²) in [4.78, 5) is 62.1. The Hall–Kier alpha value is -2.85. The lowest BCUT2D eigenvalue weighted by molar-refractivity contribution is -0.269. The van der Waals surface area contributed by atoms with E-state index >= 15 is 0 Å². The number of amides is 3. The molecule has 8 atom stereocenters. The van der Waals surface area contributed by atoms with Gasteiger partial charge in [0.05, 0.1) is 12.1 Å². The summed E-state index contributed by atoms with van der Waals surface area (Å²) in [7, 11) is 0. The zero-order chi connectivity index (χ0) is 41.9. The summed E-state index contributed by atoms with van der Waals surface area (Å²) in [5.41, 5.74) is 11.3. The number of nitrogens with zero attached hydrogens (tertiary/aromatic N) is 1. The molecule has 0 aromatic rings. The molecule has 0 saturated carbocycles. The highest BCUT2D eigenvalue weighted by atomic mass is 16.6. The number of aliphatic hydroxyl groups is 2. The number of esters is 1. The molecule has 1 unspecified atom stereocenters. The molecule has 3 amide bonds. The zero-order valence-electron chi connectivity index (χ0n) is 34.8. The van der Waals surface area contributed by atoms with E-state index in [-0.39, 0.29) is 26.0 Å². The van der Waals surface area contributed by atoms with Crippen molar-refractivity contribution in [2.45, 2.75) is 218 Å². The van der Waals surface area contributed by atoms with Crippen LogP contribution in [0.25, 0.3) is 0 Å². The summed E-state index contributed by atoms with van der Waals surface area (Å²) in [6.45, 7) is 5.71. The third-order valence-corrected chi connectivity index (χ3v) is 10.3. The van der Waals surface area contributed by atoms with Crippen molar-refractivity contribution >= 4 is 29.7 Å². The maximum atomic E-state index is 13.0. The molecule has 1 rings (SSSR count). The van der Waals surface area contributed by atoms with Crippen LogP contribution < -0.4 is 16.8 Å². The topological polar surface area (TPSA) is 241 Å². The maximum Gasteiger partial charge on any atom is 0.305 e. The van der Waals surface area contributed by atoms with Crippen molar-refractivity contribution in [3.05, 3.63) is 0 Å². The van der Waals surface area contributed by atoms with E-state index in [1.165, 1.54) is 117 Å². The summed E-state index contributed by atoms with van der Waals surface area (Å²) < 4.78 is 17.0. The van der Waals surface area contributed by atoms with E-state index in [4.69, 9.17) is 30.8 Å². The molecule has 1 heterocycles. The minimum absolute atomic E-state index is 0.196. The lowest BCUT2D eigenvalue weighted by atomic mass is 9.96. The van der Waals surface area contributed by atoms with E-state index in [0.717, 1.165) is 24.2 Å². The molecule has 0 aliphatic carbocycles. The van der Waals surface area contributed by atoms with Gasteiger partial charge in [0.2, 0.25) is 17.7 Å². The number of unbranched alkanes of at least 4 members (excludes halogenated alkanes) is 18. The lowest BCUT2D eigenvalue weighted by Crippen LogP contribution is -2.65. The molecular formula is C41H76N4O11. The van der Waals surface area contributed by atoms with Crippen molar-refractivity contribution in [3.63, 3.8) is 0 Å². The first-order valence-electron chi connectivity index (χ1n) is 21.4. The van der Waals surface area contributed by atoms with Gasteiger partial charge in [0.25, 0.3) is 0 Å². The summed E-state index contributed by atoms with van der Waals surface area (Å²) in [5, 5.41) is 33.7. The van der Waals surface area contributed by atoms with Crippen LogP contribution in [-0.4, -0.2) is 112 Å². The van der Waals surface area contributed by atoms with Crippen LogP contribution in [0.4, 0.5) is 0 Å². The predicted molar refractivity (Wildman–Crippen MR) is 213 cm³/mol. The number of carboxylic acids is 1. The van der Waals surface area contributed by atoms with Crippen LogP contribution in [-0.2, 0) is 38.2 Å². The lowest BCUT2D eigenvalue weighted by Gasteiger charge is -2.44. The first-order chi connectivity index (χ1) is 26.7. The molecule has 15 heteroatoms. The number of carbonyl (C=O) groups excluding carboxylic acids is 4. The number of aliphatic carboxylic acids is 1. The predicted octanol–water partition coefficient (Wildman–Crippen LogP) is 4.60. The zero-order valence-corrected chi connectivity index (χ0v) is 34.8. The van der Waals surface area contributed by atoms with Crippen LogP contribution in [0.1, 0.15) is 169 Å². The van der Waals surface area contributed by atoms with Crippen LogP contribution in [0.5, 0.6) is 0 Å². The minimum Gasteiger partial charge on any atom is -0.481 e. The van der Waals surface area contributed by atoms with Crippen LogP contribution in [0.15, 0.2) is 0 Å². The average molecular weight is 801 g/mol. The Labute approximate surface area is 335 Å². The normalized spacial score (nSPS) is 21.2. The highest BCUT2D eigenvalue weighted by Gasteiger charge is 2.47. The molecule has 15 nitrogen and oxygen atoms in total. The summed E-state index contributed by atoms with van der Waals surface area (Å²) in [6, 6.07) is -3.62. The van der Waals surface area contributed by atoms with Gasteiger partial charge in [0, 0.05) is 26.3 Å². The molecule has 326 valence electrons. The van der Waals surface area contributed by atoms with E-state index in [2.05, 4.69) is 12.2 Å². The van der Waals surface area contributed by atoms with Gasteiger partial charge in [-0.15, -0.1) is 0 Å². The number of nitrogens with one attached hydrogen (secondary N) is 1. The first kappa shape index (κ1) is 51.2. The summed E-state index contributed by atoms with van der Waals surface area (Å²) in [6.07, 6.45) is 16.7. The third-order valence-electron chi connectivity index (χ3n) is 10.3. The summed E-state index contributed by atoms with van der Waals surface area (Å²) in [5.74, 6) is -3.83. The SMILES string of the molecule is CCCCCCCCCCCCCCCCCCCCCC(=O)OC[C@H]1O[C@H](O)[C@H](NC(C)=O)[C@@H](OC(C)CN(C(=O)[C@H](C)N)[C@H](CCC(=O)O)C(N)=O)[C@@H]1O. The number of rotatable bonds is 33. The molecule has 0 spiro atoms. The van der Waals surface area contributed by atoms with Crippen molar-refractivity contribution in [2.75, 3.05) is 13.2 Å². The molecule has 1 saturated heterocycles. The van der Waals surface area contributed by atoms with Crippen molar-refractivity contribution < 1.29 is 53.5 Å². The molecule has 1 aliphatic rings. The standard InChI is InChI=1S/C41H76N4O11/c1-5-6-7-8-9-10-11-12-13-14-15-16-17-18-19-20-21-22-23-24-35(49)54-28-33-37(50)38(36(41(53)56-33)44-31(4)46)55-29(2)27-45(40(52)30(3)42)32(39(43)51)25-26-34(47)48/h29-30,32-33,36-38,41,50,53H,5-28,42H2,1-4H3,(H2,43,51)(H,44,46)(H,47,48)/t29?,30-,32+,33+,36+,37+,38+,41-/m0/s1. The van der Waals surface area contributed by atoms with Gasteiger partial charge in [-0.25, -0.2) is 0 Å². The molecule has 0 aromatic carbocycles. The van der Waals surface area contributed by atoms with Crippen LogP contribution >= 0.6 is 0 Å². The highest BCUT2D eigenvalue weighted by Crippen LogP contribution is 2.25. The quantitative estimate of drug-likeness (QED) is 0.0394. The fourth-order valence-electron chi connectivity index (χ4n) is 7.15. The maximum absolute atomic E-state index is 13.0. The molecule has 0 radical (unpaired) electrons. The monoisotopic (exact) mass is 801 g/mol. The van der Waals surface area contributed by atoms with Crippen molar-refractivity contribution in [1.29, 1.82) is 0 Å². The number of hydrogen-bond donors (Lipinski definition) is 6. The highest BCUT2D eigenvalue weighted by molar-refractivity contribution is 5.89. The van der Waals surface area contributed by atoms with Gasteiger partial charge in [-0.2, -0.15) is 0 Å². The number of primary amides is 1. The smallest absolute Gasteiger partial charge is 0.305 e. The first-order valence-corrected chi connectivity index (χ1v) is 21.4. The second kappa shape index (κ2) is 30.3.